The van der Waals surface area contributed by atoms with Crippen LogP contribution in [0.4, 0.5) is 0 Å². The van der Waals surface area contributed by atoms with E-state index in [1.54, 1.807) is 0 Å². The van der Waals surface area contributed by atoms with E-state index >= 15 is 0 Å². The standard InChI is InChI=1S/C20H37NO7/c1-26-17(23)8-6-4-2-3-5-7-11-27-20-19(25)18(24)16(28-20)13-21-10-9-15(12-21)14-22/h15-16,18-20,22,24-25H,2-14H2,1H3/t15-,16+,18+,19-,20-/m0/s1. The Bertz CT molecular complexity index is 450. The zero-order valence-corrected chi connectivity index (χ0v) is 17.0. The summed E-state index contributed by atoms with van der Waals surface area (Å²) < 4.78 is 16.0. The maximum Gasteiger partial charge on any atom is 0.305 e. The molecule has 5 atom stereocenters. The van der Waals surface area contributed by atoms with Crippen LogP contribution in [0.25, 0.3) is 0 Å². The number of rotatable bonds is 13. The van der Waals surface area contributed by atoms with Gasteiger partial charge in [0.1, 0.15) is 18.3 Å². The Morgan fingerprint density at radius 3 is 2.50 bits per heavy atom. The molecular weight excluding hydrogens is 366 g/mol. The summed E-state index contributed by atoms with van der Waals surface area (Å²) in [6.07, 6.45) is 4.12. The second-order valence-corrected chi connectivity index (χ2v) is 7.94. The van der Waals surface area contributed by atoms with Crippen molar-refractivity contribution in [3.63, 3.8) is 0 Å². The summed E-state index contributed by atoms with van der Waals surface area (Å²) in [6.45, 7) is 2.88. The van der Waals surface area contributed by atoms with Gasteiger partial charge in [0.15, 0.2) is 6.29 Å². The number of unbranched alkanes of at least 4 members (excludes halogenated alkanes) is 5. The molecule has 0 amide bonds. The van der Waals surface area contributed by atoms with Crippen LogP contribution in [-0.4, -0.2) is 90.7 Å². The minimum absolute atomic E-state index is 0.151. The lowest BCUT2D eigenvalue weighted by Crippen LogP contribution is -2.39. The first-order chi connectivity index (χ1) is 13.5. The molecule has 3 N–H and O–H groups in total. The van der Waals surface area contributed by atoms with Gasteiger partial charge in [0, 0.05) is 32.7 Å². The van der Waals surface area contributed by atoms with Crippen LogP contribution in [0.3, 0.4) is 0 Å². The van der Waals surface area contributed by atoms with Gasteiger partial charge in [0.25, 0.3) is 0 Å². The first-order valence-electron chi connectivity index (χ1n) is 10.6. The zero-order chi connectivity index (χ0) is 20.4. The van der Waals surface area contributed by atoms with Crippen molar-refractivity contribution in [3.8, 4) is 0 Å². The molecule has 8 nitrogen and oxygen atoms in total. The van der Waals surface area contributed by atoms with Crippen molar-refractivity contribution in [1.82, 2.24) is 4.90 Å². The molecule has 2 rings (SSSR count). The lowest BCUT2D eigenvalue weighted by atomic mass is 10.1. The molecule has 0 aromatic rings. The van der Waals surface area contributed by atoms with E-state index in [4.69, 9.17) is 9.47 Å². The summed E-state index contributed by atoms with van der Waals surface area (Å²) in [5.74, 6) is 0.137. The largest absolute Gasteiger partial charge is 0.469 e. The van der Waals surface area contributed by atoms with Crippen molar-refractivity contribution in [3.05, 3.63) is 0 Å². The van der Waals surface area contributed by atoms with Gasteiger partial charge in [-0.2, -0.15) is 0 Å². The van der Waals surface area contributed by atoms with Crippen LogP contribution in [0.2, 0.25) is 0 Å². The summed E-state index contributed by atoms with van der Waals surface area (Å²) >= 11 is 0. The highest BCUT2D eigenvalue weighted by atomic mass is 16.7. The number of hydrogen-bond donors (Lipinski definition) is 3. The van der Waals surface area contributed by atoms with Gasteiger partial charge in [-0.15, -0.1) is 0 Å². The molecule has 0 aromatic carbocycles. The number of ether oxygens (including phenoxy) is 3. The van der Waals surface area contributed by atoms with Crippen molar-refractivity contribution in [2.45, 2.75) is 76.0 Å². The molecule has 0 unspecified atom stereocenters. The van der Waals surface area contributed by atoms with Crippen molar-refractivity contribution >= 4 is 5.97 Å². The van der Waals surface area contributed by atoms with Gasteiger partial charge >= 0.3 is 5.97 Å². The van der Waals surface area contributed by atoms with Crippen molar-refractivity contribution in [1.29, 1.82) is 0 Å². The Kier molecular flexibility index (Phi) is 10.7. The van der Waals surface area contributed by atoms with Crippen molar-refractivity contribution < 1.29 is 34.3 Å². The maximum absolute atomic E-state index is 11.0. The summed E-state index contributed by atoms with van der Waals surface area (Å²) in [4.78, 5) is 13.2. The number of methoxy groups -OCH3 is 1. The van der Waals surface area contributed by atoms with Gasteiger partial charge < -0.3 is 34.4 Å². The number of carbonyl (C=O) groups is 1. The van der Waals surface area contributed by atoms with E-state index < -0.39 is 24.6 Å². The predicted octanol–water partition coefficient (Wildman–Crippen LogP) is 0.668. The Hall–Kier alpha value is -0.770. The van der Waals surface area contributed by atoms with E-state index in [0.29, 0.717) is 19.6 Å². The molecule has 0 saturated carbocycles. The highest BCUT2D eigenvalue weighted by Gasteiger charge is 2.44. The van der Waals surface area contributed by atoms with Gasteiger partial charge in [-0.3, -0.25) is 4.79 Å². The smallest absolute Gasteiger partial charge is 0.305 e. The minimum Gasteiger partial charge on any atom is -0.469 e. The third kappa shape index (κ3) is 7.57. The Morgan fingerprint density at radius 2 is 1.82 bits per heavy atom. The summed E-state index contributed by atoms with van der Waals surface area (Å²) in [5, 5.41) is 29.6. The average Bonchev–Trinajstić information content (AvgIpc) is 3.26. The quantitative estimate of drug-likeness (QED) is 0.304. The summed E-state index contributed by atoms with van der Waals surface area (Å²) in [7, 11) is 1.41. The van der Waals surface area contributed by atoms with Crippen LogP contribution in [0, 0.1) is 5.92 Å². The average molecular weight is 404 g/mol. The molecule has 8 heteroatoms. The second kappa shape index (κ2) is 12.7. The Labute approximate surface area is 167 Å². The second-order valence-electron chi connectivity index (χ2n) is 7.94. The van der Waals surface area contributed by atoms with E-state index in [9.17, 15) is 20.1 Å². The topological polar surface area (TPSA) is 109 Å². The molecule has 2 fully saturated rings. The highest BCUT2D eigenvalue weighted by Crippen LogP contribution is 2.25. The fourth-order valence-corrected chi connectivity index (χ4v) is 3.87. The van der Waals surface area contributed by atoms with Crippen LogP contribution in [-0.2, 0) is 19.0 Å². The monoisotopic (exact) mass is 403 g/mol. The highest BCUT2D eigenvalue weighted by molar-refractivity contribution is 5.68. The molecule has 2 aliphatic rings. The van der Waals surface area contributed by atoms with E-state index in [-0.39, 0.29) is 18.5 Å². The molecule has 28 heavy (non-hydrogen) atoms. The van der Waals surface area contributed by atoms with Gasteiger partial charge in [0.05, 0.1) is 7.11 Å². The Morgan fingerprint density at radius 1 is 1.11 bits per heavy atom. The van der Waals surface area contributed by atoms with Crippen LogP contribution in [0.5, 0.6) is 0 Å². The lowest BCUT2D eigenvalue weighted by molar-refractivity contribution is -0.167. The number of aliphatic hydroxyl groups excluding tert-OH is 3. The van der Waals surface area contributed by atoms with Gasteiger partial charge in [-0.1, -0.05) is 25.7 Å². The van der Waals surface area contributed by atoms with Gasteiger partial charge in [0.2, 0.25) is 0 Å². The number of nitrogens with zero attached hydrogens (tertiary/aromatic N) is 1. The number of carbonyl (C=O) groups excluding carboxylic acids is 1. The molecule has 164 valence electrons. The molecule has 2 saturated heterocycles. The molecule has 0 spiro atoms. The summed E-state index contributed by atoms with van der Waals surface area (Å²) in [6, 6.07) is 0. The normalized spacial score (nSPS) is 30.8. The van der Waals surface area contributed by atoms with E-state index in [0.717, 1.165) is 58.0 Å². The third-order valence-corrected chi connectivity index (χ3v) is 5.67. The molecule has 0 aliphatic carbocycles. The van der Waals surface area contributed by atoms with Crippen molar-refractivity contribution in [2.75, 3.05) is 40.0 Å². The predicted molar refractivity (Wildman–Crippen MR) is 103 cm³/mol. The first kappa shape index (κ1) is 23.5. The first-order valence-corrected chi connectivity index (χ1v) is 10.6. The zero-order valence-electron chi connectivity index (χ0n) is 17.0. The van der Waals surface area contributed by atoms with Crippen molar-refractivity contribution in [2.24, 2.45) is 5.92 Å². The summed E-state index contributed by atoms with van der Waals surface area (Å²) in [5.41, 5.74) is 0. The van der Waals surface area contributed by atoms with E-state index in [2.05, 4.69) is 9.64 Å². The van der Waals surface area contributed by atoms with Gasteiger partial charge in [-0.25, -0.2) is 0 Å². The van der Waals surface area contributed by atoms with Crippen LogP contribution in [0.1, 0.15) is 51.4 Å². The van der Waals surface area contributed by atoms with E-state index in [1.807, 2.05) is 0 Å². The van der Waals surface area contributed by atoms with Gasteiger partial charge in [-0.05, 0) is 31.7 Å². The molecule has 2 aliphatic heterocycles. The molecule has 0 aromatic heterocycles. The fraction of sp³-hybridized carbons (Fsp3) is 0.950. The Balaban J connectivity index is 1.52. The number of esters is 1. The molecule has 2 heterocycles. The lowest BCUT2D eigenvalue weighted by Gasteiger charge is -2.22. The van der Waals surface area contributed by atoms with Crippen LogP contribution < -0.4 is 0 Å². The number of likely N-dealkylation sites (tertiary alicyclic amines) is 1. The number of hydrogen-bond acceptors (Lipinski definition) is 8. The number of aliphatic hydroxyl groups is 3. The SMILES string of the molecule is COC(=O)CCCCCCCCO[C@H]1O[C@H](CN2CC[C@H](CO)C2)[C@@H](O)[C@@H]1O. The fourth-order valence-electron chi connectivity index (χ4n) is 3.87. The van der Waals surface area contributed by atoms with E-state index in [1.165, 1.54) is 7.11 Å². The molecule has 0 bridgehead atoms. The minimum atomic E-state index is -1.03. The third-order valence-electron chi connectivity index (χ3n) is 5.67. The van der Waals surface area contributed by atoms with Crippen LogP contribution >= 0.6 is 0 Å². The molecule has 0 radical (unpaired) electrons. The maximum atomic E-state index is 11.0. The molecular formula is C20H37NO7. The van der Waals surface area contributed by atoms with Crippen LogP contribution in [0.15, 0.2) is 0 Å².